The van der Waals surface area contributed by atoms with Crippen molar-refractivity contribution >= 4 is 29.1 Å². The first-order chi connectivity index (χ1) is 12.1. The maximum absolute atomic E-state index is 12.3. The van der Waals surface area contributed by atoms with Gasteiger partial charge in [-0.15, -0.1) is 0 Å². The summed E-state index contributed by atoms with van der Waals surface area (Å²) in [7, 11) is 0. The van der Waals surface area contributed by atoms with E-state index < -0.39 is 0 Å². The number of halogens is 2. The number of benzene rings is 1. The average molecular weight is 383 g/mol. The van der Waals surface area contributed by atoms with Crippen LogP contribution in [0.2, 0.25) is 10.0 Å². The molecule has 0 N–H and O–H groups in total. The molecule has 134 valence electrons. The van der Waals surface area contributed by atoms with Gasteiger partial charge in [0.15, 0.2) is 6.61 Å². The molecule has 1 fully saturated rings. The van der Waals surface area contributed by atoms with Gasteiger partial charge in [0.2, 0.25) is 0 Å². The third-order valence-electron chi connectivity index (χ3n) is 4.17. The summed E-state index contributed by atoms with van der Waals surface area (Å²) in [5.41, 5.74) is 0. The van der Waals surface area contributed by atoms with Crippen molar-refractivity contribution in [3.63, 3.8) is 0 Å². The Hall–Kier alpha value is -1.76. The van der Waals surface area contributed by atoms with Gasteiger partial charge in [-0.25, -0.2) is 0 Å². The molecule has 1 aliphatic rings. The molecule has 0 radical (unpaired) electrons. The lowest BCUT2D eigenvalue weighted by atomic mass is 10.3. The fourth-order valence-electron chi connectivity index (χ4n) is 2.72. The third kappa shape index (κ3) is 5.11. The van der Waals surface area contributed by atoms with E-state index in [2.05, 4.69) is 10.00 Å². The summed E-state index contributed by atoms with van der Waals surface area (Å²) >= 11 is 11.9. The summed E-state index contributed by atoms with van der Waals surface area (Å²) in [6.07, 6.45) is 3.74. The molecule has 0 saturated carbocycles. The van der Waals surface area contributed by atoms with Gasteiger partial charge in [0.05, 0.1) is 11.6 Å². The molecular weight excluding hydrogens is 363 g/mol. The minimum Gasteiger partial charge on any atom is -0.482 e. The number of carbonyl (C=O) groups is 1. The predicted molar refractivity (Wildman–Crippen MR) is 97.2 cm³/mol. The van der Waals surface area contributed by atoms with E-state index in [4.69, 9.17) is 27.9 Å². The molecule has 1 aromatic carbocycles. The van der Waals surface area contributed by atoms with E-state index in [-0.39, 0.29) is 12.5 Å². The first kappa shape index (κ1) is 18.0. The van der Waals surface area contributed by atoms with Gasteiger partial charge >= 0.3 is 0 Å². The van der Waals surface area contributed by atoms with Gasteiger partial charge in [-0.05, 0) is 24.3 Å². The van der Waals surface area contributed by atoms with Gasteiger partial charge in [-0.2, -0.15) is 5.10 Å². The summed E-state index contributed by atoms with van der Waals surface area (Å²) in [6, 6.07) is 6.88. The quantitative estimate of drug-likeness (QED) is 0.769. The van der Waals surface area contributed by atoms with Crippen molar-refractivity contribution in [1.82, 2.24) is 19.6 Å². The lowest BCUT2D eigenvalue weighted by Gasteiger charge is -2.34. The van der Waals surface area contributed by atoms with Crippen molar-refractivity contribution in [3.8, 4) is 5.75 Å². The topological polar surface area (TPSA) is 50.6 Å². The number of rotatable bonds is 6. The van der Waals surface area contributed by atoms with Crippen molar-refractivity contribution in [2.24, 2.45) is 0 Å². The predicted octanol–water partition coefficient (Wildman–Crippen LogP) is 2.41. The van der Waals surface area contributed by atoms with E-state index in [1.165, 1.54) is 0 Å². The van der Waals surface area contributed by atoms with Crippen LogP contribution in [0.15, 0.2) is 36.7 Å². The van der Waals surface area contributed by atoms with Crippen LogP contribution < -0.4 is 4.74 Å². The van der Waals surface area contributed by atoms with Gasteiger partial charge in [-0.1, -0.05) is 23.2 Å². The molecule has 1 aliphatic heterocycles. The zero-order valence-corrected chi connectivity index (χ0v) is 15.3. The number of amides is 1. The average Bonchev–Trinajstić information content (AvgIpc) is 3.13. The largest absolute Gasteiger partial charge is 0.482 e. The normalized spacial score (nSPS) is 15.4. The highest BCUT2D eigenvalue weighted by Gasteiger charge is 2.21. The second-order valence-electron chi connectivity index (χ2n) is 5.85. The van der Waals surface area contributed by atoms with E-state index in [1.807, 2.05) is 21.8 Å². The lowest BCUT2D eigenvalue weighted by Crippen LogP contribution is -2.50. The maximum Gasteiger partial charge on any atom is 0.260 e. The molecule has 2 heterocycles. The molecule has 0 aliphatic carbocycles. The Labute approximate surface area is 156 Å². The fraction of sp³-hybridized carbons (Fsp3) is 0.412. The first-order valence-corrected chi connectivity index (χ1v) is 8.93. The Balaban J connectivity index is 1.40. The molecule has 1 amide bonds. The van der Waals surface area contributed by atoms with Crippen LogP contribution in [-0.2, 0) is 11.3 Å². The van der Waals surface area contributed by atoms with E-state index in [0.717, 1.165) is 26.2 Å². The van der Waals surface area contributed by atoms with Crippen molar-refractivity contribution in [1.29, 1.82) is 0 Å². The molecule has 0 bridgehead atoms. The zero-order chi connectivity index (χ0) is 17.6. The number of nitrogens with zero attached hydrogens (tertiary/aromatic N) is 4. The van der Waals surface area contributed by atoms with E-state index >= 15 is 0 Å². The Morgan fingerprint density at radius 1 is 1.16 bits per heavy atom. The second-order valence-corrected chi connectivity index (χ2v) is 6.70. The minimum absolute atomic E-state index is 0.0192. The summed E-state index contributed by atoms with van der Waals surface area (Å²) in [4.78, 5) is 16.5. The third-order valence-corrected chi connectivity index (χ3v) is 4.71. The van der Waals surface area contributed by atoms with Crippen LogP contribution in [-0.4, -0.2) is 64.8 Å². The number of aromatic nitrogens is 2. The van der Waals surface area contributed by atoms with Crippen LogP contribution in [0.4, 0.5) is 0 Å². The second kappa shape index (κ2) is 8.56. The van der Waals surface area contributed by atoms with Crippen molar-refractivity contribution in [2.75, 3.05) is 39.3 Å². The summed E-state index contributed by atoms with van der Waals surface area (Å²) in [6.45, 7) is 4.89. The number of carbonyl (C=O) groups excluding carboxylic acids is 1. The summed E-state index contributed by atoms with van der Waals surface area (Å²) < 4.78 is 7.44. The number of piperazine rings is 1. The number of hydrogen-bond acceptors (Lipinski definition) is 4. The molecule has 6 nitrogen and oxygen atoms in total. The van der Waals surface area contributed by atoms with Crippen LogP contribution in [0.25, 0.3) is 0 Å². The highest BCUT2D eigenvalue weighted by Crippen LogP contribution is 2.27. The molecule has 2 aromatic rings. The Bertz CT molecular complexity index is 701. The standard InChI is InChI=1S/C17H20Cl2N4O2/c18-14-2-3-16(15(19)12-14)25-13-17(24)22-9-6-21(7-10-22)8-11-23-5-1-4-20-23/h1-5,12H,6-11,13H2. The Kier molecular flexibility index (Phi) is 6.18. The molecule has 0 spiro atoms. The van der Waals surface area contributed by atoms with Gasteiger partial charge in [-0.3, -0.25) is 14.4 Å². The molecule has 0 atom stereocenters. The zero-order valence-electron chi connectivity index (χ0n) is 13.8. The van der Waals surface area contributed by atoms with Crippen molar-refractivity contribution < 1.29 is 9.53 Å². The Morgan fingerprint density at radius 2 is 1.96 bits per heavy atom. The summed E-state index contributed by atoms with van der Waals surface area (Å²) in [5.74, 6) is 0.440. The number of hydrogen-bond donors (Lipinski definition) is 0. The molecule has 1 aromatic heterocycles. The fourth-order valence-corrected chi connectivity index (χ4v) is 3.18. The van der Waals surface area contributed by atoms with Crippen LogP contribution in [0.1, 0.15) is 0 Å². The lowest BCUT2D eigenvalue weighted by molar-refractivity contribution is -0.135. The smallest absolute Gasteiger partial charge is 0.260 e. The minimum atomic E-state index is -0.0299. The van der Waals surface area contributed by atoms with Crippen LogP contribution in [0.3, 0.4) is 0 Å². The van der Waals surface area contributed by atoms with E-state index in [9.17, 15) is 4.79 Å². The monoisotopic (exact) mass is 382 g/mol. The van der Waals surface area contributed by atoms with Crippen LogP contribution in [0, 0.1) is 0 Å². The first-order valence-electron chi connectivity index (χ1n) is 8.17. The number of ether oxygens (including phenoxy) is 1. The molecular formula is C17H20Cl2N4O2. The van der Waals surface area contributed by atoms with E-state index in [1.54, 1.807) is 24.4 Å². The molecule has 25 heavy (non-hydrogen) atoms. The highest BCUT2D eigenvalue weighted by atomic mass is 35.5. The summed E-state index contributed by atoms with van der Waals surface area (Å²) in [5, 5.41) is 5.14. The van der Waals surface area contributed by atoms with Crippen LogP contribution >= 0.6 is 23.2 Å². The highest BCUT2D eigenvalue weighted by molar-refractivity contribution is 6.35. The SMILES string of the molecule is O=C(COc1ccc(Cl)cc1Cl)N1CCN(CCn2cccn2)CC1. The van der Waals surface area contributed by atoms with Gasteiger partial charge < -0.3 is 9.64 Å². The molecule has 1 saturated heterocycles. The van der Waals surface area contributed by atoms with Crippen molar-refractivity contribution in [2.45, 2.75) is 6.54 Å². The van der Waals surface area contributed by atoms with Crippen molar-refractivity contribution in [3.05, 3.63) is 46.7 Å². The Morgan fingerprint density at radius 3 is 2.64 bits per heavy atom. The molecule has 0 unspecified atom stereocenters. The van der Waals surface area contributed by atoms with Crippen LogP contribution in [0.5, 0.6) is 5.75 Å². The molecule has 3 rings (SSSR count). The molecule has 8 heteroatoms. The van der Waals surface area contributed by atoms with E-state index in [0.29, 0.717) is 28.9 Å². The maximum atomic E-state index is 12.3. The van der Waals surface area contributed by atoms with Gasteiger partial charge in [0.25, 0.3) is 5.91 Å². The van der Waals surface area contributed by atoms with Gasteiger partial charge in [0.1, 0.15) is 5.75 Å². The van der Waals surface area contributed by atoms with Gasteiger partial charge in [0, 0.05) is 50.1 Å².